The molecule has 0 amide bonds. The summed E-state index contributed by atoms with van der Waals surface area (Å²) in [6.07, 6.45) is 0.644. The summed E-state index contributed by atoms with van der Waals surface area (Å²) in [7, 11) is -3.75. The summed E-state index contributed by atoms with van der Waals surface area (Å²) < 4.78 is 28.3. The van der Waals surface area contributed by atoms with Crippen LogP contribution in [-0.4, -0.2) is 26.0 Å². The van der Waals surface area contributed by atoms with E-state index in [1.165, 1.54) is 18.2 Å². The van der Waals surface area contributed by atoms with Crippen molar-refractivity contribution in [1.82, 2.24) is 4.72 Å². The summed E-state index contributed by atoms with van der Waals surface area (Å²) in [6.45, 7) is 2.11. The third kappa shape index (κ3) is 4.28. The van der Waals surface area contributed by atoms with Crippen molar-refractivity contribution in [3.8, 4) is 0 Å². The van der Waals surface area contributed by atoms with Crippen molar-refractivity contribution in [2.24, 2.45) is 0 Å². The fraction of sp³-hybridized carbons (Fsp3) is 0.300. The first-order valence-corrected chi connectivity index (χ1v) is 7.43. The van der Waals surface area contributed by atoms with Crippen molar-refractivity contribution in [2.75, 3.05) is 11.3 Å². The number of rotatable bonds is 6. The lowest BCUT2D eigenvalue weighted by molar-refractivity contribution is 0.0698. The van der Waals surface area contributed by atoms with Crippen LogP contribution in [-0.2, 0) is 10.2 Å². The maximum atomic E-state index is 11.6. The Morgan fingerprint density at radius 3 is 2.67 bits per heavy atom. The Labute approximate surface area is 114 Å². The number of carboxylic acid groups (broad SMARTS) is 1. The van der Waals surface area contributed by atoms with Crippen molar-refractivity contribution in [1.29, 1.82) is 0 Å². The van der Waals surface area contributed by atoms with Crippen LogP contribution in [0, 0.1) is 0 Å². The summed E-state index contributed by atoms with van der Waals surface area (Å²) in [5.74, 6) is -1.20. The number of carbonyl (C=O) groups is 1. The van der Waals surface area contributed by atoms with Gasteiger partial charge < -0.3 is 5.11 Å². The van der Waals surface area contributed by atoms with Crippen LogP contribution in [0.5, 0.6) is 0 Å². The van der Waals surface area contributed by atoms with Crippen molar-refractivity contribution >= 4 is 37.8 Å². The first-order valence-electron chi connectivity index (χ1n) is 5.16. The fourth-order valence-corrected chi connectivity index (χ4v) is 2.57. The van der Waals surface area contributed by atoms with Gasteiger partial charge in [-0.15, -0.1) is 0 Å². The van der Waals surface area contributed by atoms with Gasteiger partial charge in [-0.2, -0.15) is 13.1 Å². The van der Waals surface area contributed by atoms with Gasteiger partial charge in [-0.25, -0.2) is 4.79 Å². The van der Waals surface area contributed by atoms with E-state index in [1.807, 2.05) is 6.92 Å². The molecule has 18 heavy (non-hydrogen) atoms. The Bertz CT molecular complexity index is 545. The number of carboxylic acids is 1. The molecule has 0 saturated carbocycles. The maximum Gasteiger partial charge on any atom is 0.337 e. The lowest BCUT2D eigenvalue weighted by Crippen LogP contribution is -2.31. The van der Waals surface area contributed by atoms with Crippen LogP contribution in [0.3, 0.4) is 0 Å². The molecule has 0 spiro atoms. The Morgan fingerprint density at radius 2 is 2.11 bits per heavy atom. The van der Waals surface area contributed by atoms with Crippen LogP contribution in [0.15, 0.2) is 22.7 Å². The predicted molar refractivity (Wildman–Crippen MR) is 71.9 cm³/mol. The normalized spacial score (nSPS) is 11.2. The van der Waals surface area contributed by atoms with E-state index in [2.05, 4.69) is 25.4 Å². The monoisotopic (exact) mass is 336 g/mol. The molecule has 0 atom stereocenters. The van der Waals surface area contributed by atoms with E-state index in [0.717, 1.165) is 0 Å². The van der Waals surface area contributed by atoms with Gasteiger partial charge in [0.2, 0.25) is 0 Å². The second-order valence-corrected chi connectivity index (χ2v) is 5.91. The smallest absolute Gasteiger partial charge is 0.337 e. The number of anilines is 1. The van der Waals surface area contributed by atoms with E-state index >= 15 is 0 Å². The first kappa shape index (κ1) is 14.9. The van der Waals surface area contributed by atoms with Gasteiger partial charge in [0.05, 0.1) is 11.3 Å². The third-order valence-electron chi connectivity index (χ3n) is 2.00. The minimum Gasteiger partial charge on any atom is -0.478 e. The van der Waals surface area contributed by atoms with Crippen LogP contribution in [0.1, 0.15) is 23.7 Å². The van der Waals surface area contributed by atoms with E-state index < -0.39 is 16.2 Å². The van der Waals surface area contributed by atoms with Crippen LogP contribution in [0.4, 0.5) is 5.69 Å². The van der Waals surface area contributed by atoms with E-state index in [4.69, 9.17) is 5.11 Å². The summed E-state index contributed by atoms with van der Waals surface area (Å²) in [6, 6.07) is 4.25. The Hall–Kier alpha value is -1.12. The van der Waals surface area contributed by atoms with Crippen molar-refractivity contribution in [2.45, 2.75) is 13.3 Å². The number of halogens is 1. The molecule has 1 aromatic rings. The number of aromatic carboxylic acids is 1. The molecular weight excluding hydrogens is 324 g/mol. The predicted octanol–water partition coefficient (Wildman–Crippen LogP) is 1.80. The van der Waals surface area contributed by atoms with Crippen LogP contribution < -0.4 is 9.44 Å². The molecule has 0 aliphatic heterocycles. The summed E-state index contributed by atoms with van der Waals surface area (Å²) >= 11 is 3.16. The molecule has 0 radical (unpaired) electrons. The third-order valence-corrected chi connectivity index (χ3v) is 3.56. The van der Waals surface area contributed by atoms with Crippen molar-refractivity contribution < 1.29 is 18.3 Å². The molecule has 6 nitrogen and oxygen atoms in total. The molecule has 0 heterocycles. The number of benzene rings is 1. The van der Waals surface area contributed by atoms with Gasteiger partial charge >= 0.3 is 5.97 Å². The quantitative estimate of drug-likeness (QED) is 0.738. The van der Waals surface area contributed by atoms with E-state index in [0.29, 0.717) is 10.9 Å². The van der Waals surface area contributed by atoms with Gasteiger partial charge in [-0.05, 0) is 24.6 Å². The molecule has 8 heteroatoms. The largest absolute Gasteiger partial charge is 0.478 e. The van der Waals surface area contributed by atoms with E-state index in [-0.39, 0.29) is 17.8 Å². The molecule has 1 rings (SSSR count). The Balaban J connectivity index is 3.02. The maximum absolute atomic E-state index is 11.6. The highest BCUT2D eigenvalue weighted by molar-refractivity contribution is 9.10. The molecule has 0 bridgehead atoms. The molecule has 100 valence electrons. The van der Waals surface area contributed by atoms with Gasteiger partial charge in [0.15, 0.2) is 0 Å². The van der Waals surface area contributed by atoms with Crippen LogP contribution >= 0.6 is 15.9 Å². The van der Waals surface area contributed by atoms with Crippen molar-refractivity contribution in [3.05, 3.63) is 28.2 Å². The fourth-order valence-electron chi connectivity index (χ4n) is 1.20. The number of hydrogen-bond donors (Lipinski definition) is 3. The minimum absolute atomic E-state index is 0.0143. The molecular formula is C10H13BrN2O4S. The minimum atomic E-state index is -3.75. The highest BCUT2D eigenvalue weighted by atomic mass is 79.9. The second-order valence-electron chi connectivity index (χ2n) is 3.49. The van der Waals surface area contributed by atoms with E-state index in [9.17, 15) is 13.2 Å². The molecule has 1 aromatic carbocycles. The zero-order chi connectivity index (χ0) is 13.8. The standard InChI is InChI=1S/C10H13BrN2O4S/c1-2-5-12-18(16,17)13-9-6-7(11)3-4-8(9)10(14)15/h3-4,6,12-13H,2,5H2,1H3,(H,14,15). The zero-order valence-corrected chi connectivity index (χ0v) is 12.0. The van der Waals surface area contributed by atoms with Gasteiger partial charge in [-0.1, -0.05) is 22.9 Å². The molecule has 0 unspecified atom stereocenters. The van der Waals surface area contributed by atoms with Gasteiger partial charge in [-0.3, -0.25) is 4.72 Å². The van der Waals surface area contributed by atoms with Crippen LogP contribution in [0.25, 0.3) is 0 Å². The molecule has 0 aliphatic carbocycles. The molecule has 3 N–H and O–H groups in total. The van der Waals surface area contributed by atoms with Gasteiger partial charge in [0.25, 0.3) is 10.2 Å². The average molecular weight is 337 g/mol. The second kappa shape index (κ2) is 6.17. The highest BCUT2D eigenvalue weighted by Gasteiger charge is 2.15. The van der Waals surface area contributed by atoms with E-state index in [1.54, 1.807) is 0 Å². The van der Waals surface area contributed by atoms with Crippen LogP contribution in [0.2, 0.25) is 0 Å². The molecule has 0 fully saturated rings. The highest BCUT2D eigenvalue weighted by Crippen LogP contribution is 2.22. The summed E-state index contributed by atoms with van der Waals surface area (Å²) in [4.78, 5) is 11.0. The zero-order valence-electron chi connectivity index (χ0n) is 9.60. The topological polar surface area (TPSA) is 95.5 Å². The Kier molecular flexibility index (Phi) is 5.12. The Morgan fingerprint density at radius 1 is 1.44 bits per heavy atom. The summed E-state index contributed by atoms with van der Waals surface area (Å²) in [5, 5.41) is 8.96. The van der Waals surface area contributed by atoms with Crippen molar-refractivity contribution in [3.63, 3.8) is 0 Å². The average Bonchev–Trinajstić information content (AvgIpc) is 2.25. The lowest BCUT2D eigenvalue weighted by Gasteiger charge is -2.11. The van der Waals surface area contributed by atoms with Gasteiger partial charge in [0, 0.05) is 11.0 Å². The lowest BCUT2D eigenvalue weighted by atomic mass is 10.2. The van der Waals surface area contributed by atoms with Gasteiger partial charge in [0.1, 0.15) is 0 Å². The molecule has 0 aliphatic rings. The molecule has 0 aromatic heterocycles. The molecule has 0 saturated heterocycles. The number of nitrogens with one attached hydrogen (secondary N) is 2. The summed E-state index contributed by atoms with van der Waals surface area (Å²) in [5.41, 5.74) is -0.0967. The first-order chi connectivity index (χ1) is 8.35. The SMILES string of the molecule is CCCNS(=O)(=O)Nc1cc(Br)ccc1C(=O)O. The number of hydrogen-bond acceptors (Lipinski definition) is 3.